The zero-order valence-electron chi connectivity index (χ0n) is 11.6. The van der Waals surface area contributed by atoms with Gasteiger partial charge in [-0.2, -0.15) is 0 Å². The van der Waals surface area contributed by atoms with Crippen molar-refractivity contribution in [2.24, 2.45) is 17.8 Å². The third-order valence-electron chi connectivity index (χ3n) is 5.19. The Morgan fingerprint density at radius 3 is 1.76 bits per heavy atom. The zero-order valence-corrected chi connectivity index (χ0v) is 11.6. The Hall–Kier alpha value is -0.300. The summed E-state index contributed by atoms with van der Waals surface area (Å²) in [6.45, 7) is 6.32. The van der Waals surface area contributed by atoms with Crippen LogP contribution >= 0.6 is 0 Å². The molecule has 0 spiro atoms. The molecule has 0 unspecified atom stereocenters. The van der Waals surface area contributed by atoms with E-state index in [4.69, 9.17) is 4.74 Å². The SMILES string of the molecule is C=C(C)C1CCC(C2CCC(OC)CC2)CC1. The molecular formula is C16H28O. The number of hydrogen-bond acceptors (Lipinski definition) is 1. The zero-order chi connectivity index (χ0) is 12.3. The van der Waals surface area contributed by atoms with Crippen molar-refractivity contribution in [1.82, 2.24) is 0 Å². The third-order valence-corrected chi connectivity index (χ3v) is 5.19. The topological polar surface area (TPSA) is 9.23 Å². The first-order valence-corrected chi connectivity index (χ1v) is 7.39. The summed E-state index contributed by atoms with van der Waals surface area (Å²) in [5.41, 5.74) is 1.41. The average molecular weight is 236 g/mol. The summed E-state index contributed by atoms with van der Waals surface area (Å²) in [5, 5.41) is 0. The minimum atomic E-state index is 0.554. The van der Waals surface area contributed by atoms with Crippen molar-refractivity contribution in [3.8, 4) is 0 Å². The lowest BCUT2D eigenvalue weighted by atomic mass is 9.69. The Balaban J connectivity index is 1.76. The summed E-state index contributed by atoms with van der Waals surface area (Å²) >= 11 is 0. The van der Waals surface area contributed by atoms with Gasteiger partial charge >= 0.3 is 0 Å². The Labute approximate surface area is 107 Å². The van der Waals surface area contributed by atoms with E-state index in [1.54, 1.807) is 0 Å². The molecule has 2 aliphatic rings. The van der Waals surface area contributed by atoms with E-state index in [0.29, 0.717) is 6.10 Å². The summed E-state index contributed by atoms with van der Waals surface area (Å²) < 4.78 is 5.46. The van der Waals surface area contributed by atoms with Gasteiger partial charge in [0, 0.05) is 7.11 Å². The van der Waals surface area contributed by atoms with Crippen molar-refractivity contribution in [3.05, 3.63) is 12.2 Å². The van der Waals surface area contributed by atoms with Crippen LogP contribution in [-0.4, -0.2) is 13.2 Å². The maximum absolute atomic E-state index is 5.46. The molecule has 0 bridgehead atoms. The molecule has 0 aliphatic heterocycles. The van der Waals surface area contributed by atoms with E-state index >= 15 is 0 Å². The summed E-state index contributed by atoms with van der Waals surface area (Å²) in [7, 11) is 1.86. The Bertz CT molecular complexity index is 242. The molecule has 2 rings (SSSR count). The molecule has 0 atom stereocenters. The van der Waals surface area contributed by atoms with E-state index in [1.165, 1.54) is 56.9 Å². The van der Waals surface area contributed by atoms with Crippen LogP contribution in [-0.2, 0) is 4.74 Å². The van der Waals surface area contributed by atoms with Crippen molar-refractivity contribution >= 4 is 0 Å². The number of allylic oxidation sites excluding steroid dienone is 1. The van der Waals surface area contributed by atoms with E-state index in [-0.39, 0.29) is 0 Å². The van der Waals surface area contributed by atoms with Gasteiger partial charge in [0.15, 0.2) is 0 Å². The van der Waals surface area contributed by atoms with Crippen molar-refractivity contribution < 1.29 is 4.74 Å². The van der Waals surface area contributed by atoms with E-state index in [1.807, 2.05) is 7.11 Å². The van der Waals surface area contributed by atoms with Crippen molar-refractivity contribution in [3.63, 3.8) is 0 Å². The van der Waals surface area contributed by atoms with Crippen LogP contribution < -0.4 is 0 Å². The predicted octanol–water partition coefficient (Wildman–Crippen LogP) is 4.57. The maximum atomic E-state index is 5.46. The molecule has 17 heavy (non-hydrogen) atoms. The largest absolute Gasteiger partial charge is 0.381 e. The Morgan fingerprint density at radius 1 is 0.882 bits per heavy atom. The molecule has 0 amide bonds. The molecular weight excluding hydrogens is 208 g/mol. The van der Waals surface area contributed by atoms with Gasteiger partial charge in [-0.15, -0.1) is 0 Å². The minimum absolute atomic E-state index is 0.554. The van der Waals surface area contributed by atoms with Crippen LogP contribution in [0.5, 0.6) is 0 Å². The summed E-state index contributed by atoms with van der Waals surface area (Å²) in [5.74, 6) is 2.82. The first-order chi connectivity index (χ1) is 8.20. The van der Waals surface area contributed by atoms with Gasteiger partial charge < -0.3 is 4.74 Å². The minimum Gasteiger partial charge on any atom is -0.381 e. The highest BCUT2D eigenvalue weighted by molar-refractivity contribution is 4.98. The highest BCUT2D eigenvalue weighted by atomic mass is 16.5. The quantitative estimate of drug-likeness (QED) is 0.652. The molecule has 0 N–H and O–H groups in total. The summed E-state index contributed by atoms with van der Waals surface area (Å²) in [4.78, 5) is 0. The first-order valence-electron chi connectivity index (χ1n) is 7.39. The molecule has 2 saturated carbocycles. The smallest absolute Gasteiger partial charge is 0.0571 e. The molecule has 1 heteroatoms. The van der Waals surface area contributed by atoms with Crippen LogP contribution in [0.15, 0.2) is 12.2 Å². The fourth-order valence-corrected chi connectivity index (χ4v) is 3.88. The molecule has 0 aromatic rings. The molecule has 98 valence electrons. The monoisotopic (exact) mass is 236 g/mol. The first kappa shape index (κ1) is 13.1. The van der Waals surface area contributed by atoms with E-state index in [2.05, 4.69) is 13.5 Å². The highest BCUT2D eigenvalue weighted by Gasteiger charge is 2.30. The van der Waals surface area contributed by atoms with Crippen molar-refractivity contribution in [2.75, 3.05) is 7.11 Å². The van der Waals surface area contributed by atoms with Gasteiger partial charge in [0.05, 0.1) is 6.10 Å². The second-order valence-corrected chi connectivity index (χ2v) is 6.23. The lowest BCUT2D eigenvalue weighted by molar-refractivity contribution is 0.0403. The fraction of sp³-hybridized carbons (Fsp3) is 0.875. The third kappa shape index (κ3) is 3.34. The molecule has 0 saturated heterocycles. The molecule has 0 aromatic carbocycles. The lowest BCUT2D eigenvalue weighted by Gasteiger charge is -2.37. The molecule has 2 fully saturated rings. The van der Waals surface area contributed by atoms with E-state index in [9.17, 15) is 0 Å². The Kier molecular flexibility index (Phi) is 4.67. The van der Waals surface area contributed by atoms with Crippen LogP contribution in [0, 0.1) is 17.8 Å². The van der Waals surface area contributed by atoms with Gasteiger partial charge in [0.1, 0.15) is 0 Å². The van der Waals surface area contributed by atoms with Crippen LogP contribution in [0.2, 0.25) is 0 Å². The standard InChI is InChI=1S/C16H28O/c1-12(2)13-4-6-14(7-5-13)15-8-10-16(17-3)11-9-15/h13-16H,1,4-11H2,2-3H3. The highest BCUT2D eigenvalue weighted by Crippen LogP contribution is 2.41. The Morgan fingerprint density at radius 2 is 1.35 bits per heavy atom. The number of hydrogen-bond donors (Lipinski definition) is 0. The second kappa shape index (κ2) is 6.04. The fourth-order valence-electron chi connectivity index (χ4n) is 3.88. The van der Waals surface area contributed by atoms with Crippen LogP contribution in [0.3, 0.4) is 0 Å². The van der Waals surface area contributed by atoms with E-state index < -0.39 is 0 Å². The van der Waals surface area contributed by atoms with Gasteiger partial charge in [-0.3, -0.25) is 0 Å². The molecule has 0 heterocycles. The summed E-state index contributed by atoms with van der Waals surface area (Å²) in [6.07, 6.45) is 11.6. The van der Waals surface area contributed by atoms with Gasteiger partial charge in [0.2, 0.25) is 0 Å². The second-order valence-electron chi connectivity index (χ2n) is 6.23. The number of rotatable bonds is 3. The maximum Gasteiger partial charge on any atom is 0.0571 e. The normalized spacial score (nSPS) is 38.9. The van der Waals surface area contributed by atoms with Gasteiger partial charge in [-0.05, 0) is 76.0 Å². The summed E-state index contributed by atoms with van der Waals surface area (Å²) in [6, 6.07) is 0. The molecule has 0 aromatic heterocycles. The van der Waals surface area contributed by atoms with Crippen molar-refractivity contribution in [1.29, 1.82) is 0 Å². The van der Waals surface area contributed by atoms with Gasteiger partial charge in [-0.1, -0.05) is 12.2 Å². The number of ether oxygens (including phenoxy) is 1. The number of methoxy groups -OCH3 is 1. The predicted molar refractivity (Wildman–Crippen MR) is 73.0 cm³/mol. The van der Waals surface area contributed by atoms with Crippen LogP contribution in [0.4, 0.5) is 0 Å². The van der Waals surface area contributed by atoms with Crippen LogP contribution in [0.1, 0.15) is 58.3 Å². The van der Waals surface area contributed by atoms with Crippen molar-refractivity contribution in [2.45, 2.75) is 64.4 Å². The molecule has 2 aliphatic carbocycles. The van der Waals surface area contributed by atoms with Crippen LogP contribution in [0.25, 0.3) is 0 Å². The van der Waals surface area contributed by atoms with Gasteiger partial charge in [-0.25, -0.2) is 0 Å². The molecule has 0 radical (unpaired) electrons. The lowest BCUT2D eigenvalue weighted by Crippen LogP contribution is -2.28. The molecule has 1 nitrogen and oxygen atoms in total. The van der Waals surface area contributed by atoms with Gasteiger partial charge in [0.25, 0.3) is 0 Å². The average Bonchev–Trinajstić information content (AvgIpc) is 2.39. The van der Waals surface area contributed by atoms with E-state index in [0.717, 1.165) is 17.8 Å².